The van der Waals surface area contributed by atoms with E-state index in [0.717, 1.165) is 15.4 Å². The summed E-state index contributed by atoms with van der Waals surface area (Å²) in [6, 6.07) is 11.7. The van der Waals surface area contributed by atoms with Crippen LogP contribution in [0.4, 0.5) is 5.69 Å². The molecule has 0 fully saturated rings. The first-order valence-corrected chi connectivity index (χ1v) is 14.5. The Kier molecular flexibility index (Phi) is 9.30. The van der Waals surface area contributed by atoms with E-state index in [-0.39, 0.29) is 18.2 Å². The first kappa shape index (κ1) is 29.3. The molecule has 1 aliphatic heterocycles. The maximum Gasteiger partial charge on any atom is 0.244 e. The molecule has 0 saturated carbocycles. The fourth-order valence-electron chi connectivity index (χ4n) is 4.17. The summed E-state index contributed by atoms with van der Waals surface area (Å²) in [7, 11) is -3.84. The minimum Gasteiger partial charge on any atom is -0.486 e. The largest absolute Gasteiger partial charge is 0.486 e. The van der Waals surface area contributed by atoms with E-state index in [2.05, 4.69) is 5.32 Å². The molecule has 1 heterocycles. The Morgan fingerprint density at radius 3 is 2.21 bits per heavy atom. The van der Waals surface area contributed by atoms with Crippen molar-refractivity contribution >= 4 is 27.5 Å². The first-order chi connectivity index (χ1) is 17.8. The number of aryl methyl sites for hydroxylation is 1. The second kappa shape index (κ2) is 12.1. The highest BCUT2D eigenvalue weighted by Gasteiger charge is 2.34. The third-order valence-corrected chi connectivity index (χ3v) is 7.89. The number of hydrogen-bond donors (Lipinski definition) is 1. The number of carbonyl (C=O) groups is 2. The number of fused-ring (bicyclic) bond motifs is 1. The molecule has 0 radical (unpaired) electrons. The molecule has 208 valence electrons. The summed E-state index contributed by atoms with van der Waals surface area (Å²) >= 11 is 0. The number of nitrogens with zero attached hydrogens (tertiary/aromatic N) is 2. The van der Waals surface area contributed by atoms with Gasteiger partial charge in [-0.25, -0.2) is 8.42 Å². The van der Waals surface area contributed by atoms with Crippen molar-refractivity contribution < 1.29 is 27.5 Å². The fourth-order valence-corrected chi connectivity index (χ4v) is 5.22. The number of ether oxygens (including phenoxy) is 2. The van der Waals surface area contributed by atoms with Gasteiger partial charge in [0.05, 0.1) is 11.4 Å². The van der Waals surface area contributed by atoms with Gasteiger partial charge in [0, 0.05) is 18.2 Å². The summed E-state index contributed by atoms with van der Waals surface area (Å²) in [4.78, 5) is 28.7. The van der Waals surface area contributed by atoms with E-state index in [1.165, 1.54) is 11.8 Å². The number of anilines is 1. The summed E-state index contributed by atoms with van der Waals surface area (Å²) in [6.07, 6.45) is 0.365. The number of rotatable bonds is 10. The predicted octanol–water partition coefficient (Wildman–Crippen LogP) is 3.64. The van der Waals surface area contributed by atoms with E-state index in [9.17, 15) is 18.0 Å². The summed E-state index contributed by atoms with van der Waals surface area (Å²) < 4.78 is 38.7. The monoisotopic (exact) mass is 545 g/mol. The molecule has 0 saturated heterocycles. The molecule has 2 aromatic carbocycles. The highest BCUT2D eigenvalue weighted by molar-refractivity contribution is 7.92. The van der Waals surface area contributed by atoms with Gasteiger partial charge in [-0.1, -0.05) is 36.8 Å². The molecule has 38 heavy (non-hydrogen) atoms. The van der Waals surface area contributed by atoms with Crippen molar-refractivity contribution in [2.24, 2.45) is 0 Å². The Balaban J connectivity index is 1.99. The first-order valence-electron chi connectivity index (χ1n) is 12.9. The molecule has 1 unspecified atom stereocenters. The highest BCUT2D eigenvalue weighted by Crippen LogP contribution is 2.35. The number of sulfonamides is 1. The van der Waals surface area contributed by atoms with E-state index in [1.54, 1.807) is 18.2 Å². The number of carbonyl (C=O) groups excluding carboxylic acids is 2. The van der Waals surface area contributed by atoms with Crippen LogP contribution in [0.1, 0.15) is 52.2 Å². The van der Waals surface area contributed by atoms with Crippen LogP contribution in [0, 0.1) is 6.92 Å². The molecule has 1 N–H and O–H groups in total. The van der Waals surface area contributed by atoms with Gasteiger partial charge in [-0.2, -0.15) is 0 Å². The third kappa shape index (κ3) is 7.40. The Morgan fingerprint density at radius 2 is 1.63 bits per heavy atom. The van der Waals surface area contributed by atoms with Crippen molar-refractivity contribution in [1.82, 2.24) is 10.2 Å². The van der Waals surface area contributed by atoms with Gasteiger partial charge < -0.3 is 19.7 Å². The van der Waals surface area contributed by atoms with Crippen molar-refractivity contribution in [3.8, 4) is 11.5 Å². The summed E-state index contributed by atoms with van der Waals surface area (Å²) in [6.45, 7) is 11.4. The van der Waals surface area contributed by atoms with Crippen molar-refractivity contribution in [2.45, 2.75) is 66.1 Å². The van der Waals surface area contributed by atoms with Gasteiger partial charge in [0.15, 0.2) is 11.5 Å². The summed E-state index contributed by atoms with van der Waals surface area (Å²) in [5.41, 5.74) is 1.72. The van der Waals surface area contributed by atoms with Crippen molar-refractivity contribution in [2.75, 3.05) is 29.8 Å². The molecule has 0 aliphatic carbocycles. The zero-order valence-corrected chi connectivity index (χ0v) is 23.9. The number of benzene rings is 2. The van der Waals surface area contributed by atoms with E-state index in [0.29, 0.717) is 36.8 Å². The third-order valence-electron chi connectivity index (χ3n) is 6.15. The van der Waals surface area contributed by atoms with E-state index in [4.69, 9.17) is 9.47 Å². The Morgan fingerprint density at radius 1 is 1.00 bits per heavy atom. The van der Waals surface area contributed by atoms with Gasteiger partial charge in [0.2, 0.25) is 21.8 Å². The molecule has 3 rings (SSSR count). The van der Waals surface area contributed by atoms with Crippen LogP contribution in [0.15, 0.2) is 42.5 Å². The van der Waals surface area contributed by atoms with Crippen LogP contribution in [0.5, 0.6) is 11.5 Å². The van der Waals surface area contributed by atoms with Gasteiger partial charge in [0.25, 0.3) is 0 Å². The van der Waals surface area contributed by atoms with Crippen molar-refractivity contribution in [3.63, 3.8) is 0 Å². The quantitative estimate of drug-likeness (QED) is 0.489. The Hall–Kier alpha value is -3.27. The van der Waals surface area contributed by atoms with Gasteiger partial charge >= 0.3 is 0 Å². The molecule has 10 heteroatoms. The van der Waals surface area contributed by atoms with Crippen LogP contribution >= 0.6 is 0 Å². The molecular weight excluding hydrogens is 506 g/mol. The molecule has 9 nitrogen and oxygen atoms in total. The van der Waals surface area contributed by atoms with Crippen molar-refractivity contribution in [3.05, 3.63) is 53.6 Å². The Bertz CT molecular complexity index is 1240. The number of nitrogens with one attached hydrogen (secondary N) is 1. The lowest BCUT2D eigenvalue weighted by Gasteiger charge is -2.35. The van der Waals surface area contributed by atoms with Crippen LogP contribution in [0.2, 0.25) is 0 Å². The lowest BCUT2D eigenvalue weighted by Crippen LogP contribution is -2.55. The zero-order valence-electron chi connectivity index (χ0n) is 23.1. The molecule has 2 aromatic rings. The van der Waals surface area contributed by atoms with Gasteiger partial charge in [-0.05, 0) is 58.7 Å². The normalized spacial score (nSPS) is 13.9. The van der Waals surface area contributed by atoms with Crippen LogP contribution in [-0.4, -0.2) is 62.2 Å². The molecule has 1 aliphatic rings. The molecule has 0 bridgehead atoms. The van der Waals surface area contributed by atoms with Gasteiger partial charge in [-0.15, -0.1) is 0 Å². The second-order valence-corrected chi connectivity index (χ2v) is 12.6. The van der Waals surface area contributed by atoms with Gasteiger partial charge in [0.1, 0.15) is 25.8 Å². The molecule has 0 aromatic heterocycles. The molecular formula is C28H39N3O6S. The fraction of sp³-hybridized carbons (Fsp3) is 0.500. The van der Waals surface area contributed by atoms with E-state index >= 15 is 0 Å². The second-order valence-electron chi connectivity index (χ2n) is 10.4. The molecule has 2 amide bonds. The lowest BCUT2D eigenvalue weighted by atomic mass is 10.1. The summed E-state index contributed by atoms with van der Waals surface area (Å²) in [5.74, 6) is -0.0249. The maximum absolute atomic E-state index is 13.9. The van der Waals surface area contributed by atoms with E-state index < -0.39 is 34.1 Å². The zero-order chi connectivity index (χ0) is 28.1. The minimum absolute atomic E-state index is 0.163. The average molecular weight is 546 g/mol. The molecule has 1 atom stereocenters. The lowest BCUT2D eigenvalue weighted by molar-refractivity contribution is -0.141. The number of hydrogen-bond acceptors (Lipinski definition) is 6. The van der Waals surface area contributed by atoms with E-state index in [1.807, 2.05) is 58.9 Å². The van der Waals surface area contributed by atoms with Crippen LogP contribution in [-0.2, 0) is 26.2 Å². The predicted molar refractivity (Wildman–Crippen MR) is 148 cm³/mol. The Labute approximate surface area is 226 Å². The average Bonchev–Trinajstić information content (AvgIpc) is 2.86. The maximum atomic E-state index is 13.9. The van der Waals surface area contributed by atoms with Crippen molar-refractivity contribution in [1.29, 1.82) is 0 Å². The smallest absolute Gasteiger partial charge is 0.244 e. The van der Waals surface area contributed by atoms with Crippen LogP contribution in [0.25, 0.3) is 0 Å². The molecule has 0 spiro atoms. The summed E-state index contributed by atoms with van der Waals surface area (Å²) in [5, 5.41) is 2.97. The topological polar surface area (TPSA) is 105 Å². The van der Waals surface area contributed by atoms with Gasteiger partial charge in [-0.3, -0.25) is 13.9 Å². The standard InChI is InChI=1S/C28H39N3O6S/c1-7-23(27(33)29-28(4,5)6)30(18-21-11-9-20(3)10-12-21)26(32)19-31(38(34,35)8-2)22-13-14-24-25(17-22)37-16-15-36-24/h9-14,17,23H,7-8,15-16,18-19H2,1-6H3,(H,29,33). The van der Waals surface area contributed by atoms with Crippen LogP contribution in [0.3, 0.4) is 0 Å². The van der Waals surface area contributed by atoms with Crippen LogP contribution < -0.4 is 19.1 Å². The number of amides is 2. The SMILES string of the molecule is CCC(C(=O)NC(C)(C)C)N(Cc1ccc(C)cc1)C(=O)CN(c1ccc2c(c1)OCCO2)S(=O)(=O)CC. The minimum atomic E-state index is -3.84. The highest BCUT2D eigenvalue weighted by atomic mass is 32.2.